The highest BCUT2D eigenvalue weighted by Gasteiger charge is 2.23. The Morgan fingerprint density at radius 3 is 2.42 bits per heavy atom. The Kier molecular flexibility index (Phi) is 2.71. The summed E-state index contributed by atoms with van der Waals surface area (Å²) in [4.78, 5) is 0. The summed E-state index contributed by atoms with van der Waals surface area (Å²) in [6.45, 7) is 4.82. The van der Waals surface area contributed by atoms with Gasteiger partial charge in [-0.1, -0.05) is 18.2 Å². The maximum Gasteiger partial charge on any atom is 0.231 e. The number of rotatable bonds is 1. The van der Waals surface area contributed by atoms with Gasteiger partial charge in [-0.25, -0.2) is 0 Å². The number of hydrogen-bond acceptors (Lipinski definition) is 4. The Morgan fingerprint density at radius 1 is 0.750 bits per heavy atom. The topological polar surface area (TPSA) is 36.9 Å². The van der Waals surface area contributed by atoms with Crippen LogP contribution in [0.4, 0.5) is 0 Å². The maximum atomic E-state index is 5.78. The summed E-state index contributed by atoms with van der Waals surface area (Å²) in [6.07, 6.45) is 0. The molecule has 2 heterocycles. The van der Waals surface area contributed by atoms with E-state index in [0.717, 1.165) is 44.9 Å². The van der Waals surface area contributed by atoms with Gasteiger partial charge in [0.25, 0.3) is 0 Å². The zero-order valence-corrected chi connectivity index (χ0v) is 13.5. The molecule has 2 aliphatic rings. The minimum Gasteiger partial charge on any atom is -0.454 e. The van der Waals surface area contributed by atoms with Crippen LogP contribution < -0.4 is 18.9 Å². The summed E-state index contributed by atoms with van der Waals surface area (Å²) in [5.74, 6) is 3.19. The molecule has 24 heavy (non-hydrogen) atoms. The van der Waals surface area contributed by atoms with Gasteiger partial charge in [-0.3, -0.25) is 0 Å². The van der Waals surface area contributed by atoms with E-state index in [4.69, 9.17) is 18.9 Å². The zero-order valence-electron chi connectivity index (χ0n) is 13.5. The van der Waals surface area contributed by atoms with E-state index < -0.39 is 0 Å². The highest BCUT2D eigenvalue weighted by Crippen LogP contribution is 2.47. The van der Waals surface area contributed by atoms with Crippen molar-refractivity contribution in [3.63, 3.8) is 0 Å². The fourth-order valence-electron chi connectivity index (χ4n) is 3.50. The molecular weight excluding hydrogens is 304 g/mol. The van der Waals surface area contributed by atoms with E-state index in [9.17, 15) is 0 Å². The van der Waals surface area contributed by atoms with Crippen molar-refractivity contribution < 1.29 is 18.9 Å². The smallest absolute Gasteiger partial charge is 0.231 e. The van der Waals surface area contributed by atoms with Gasteiger partial charge in [-0.15, -0.1) is 0 Å². The van der Waals surface area contributed by atoms with Crippen molar-refractivity contribution in [2.45, 2.75) is 13.8 Å². The van der Waals surface area contributed by atoms with Gasteiger partial charge >= 0.3 is 0 Å². The highest BCUT2D eigenvalue weighted by atomic mass is 16.7. The summed E-state index contributed by atoms with van der Waals surface area (Å²) in [6, 6.07) is 12.3. The first-order chi connectivity index (χ1) is 11.7. The molecule has 0 amide bonds. The quantitative estimate of drug-likeness (QED) is 0.657. The van der Waals surface area contributed by atoms with Gasteiger partial charge in [-0.05, 0) is 59.7 Å². The maximum absolute atomic E-state index is 5.78. The number of ether oxygens (including phenoxy) is 4. The van der Waals surface area contributed by atoms with Crippen LogP contribution in [0.15, 0.2) is 36.4 Å². The van der Waals surface area contributed by atoms with Crippen LogP contribution in [0.1, 0.15) is 11.1 Å². The molecule has 0 atom stereocenters. The SMILES string of the molecule is Cc1cc2ccc3c(c2c(-c2ccc4c(c2)OCO4)c1C)OCO3. The lowest BCUT2D eigenvalue weighted by Gasteiger charge is -2.15. The van der Waals surface area contributed by atoms with Gasteiger partial charge in [-0.2, -0.15) is 0 Å². The van der Waals surface area contributed by atoms with Crippen molar-refractivity contribution >= 4 is 10.8 Å². The number of benzene rings is 3. The summed E-state index contributed by atoms with van der Waals surface area (Å²) < 4.78 is 22.4. The molecule has 4 nitrogen and oxygen atoms in total. The van der Waals surface area contributed by atoms with E-state index in [2.05, 4.69) is 32.0 Å². The molecule has 120 valence electrons. The lowest BCUT2D eigenvalue weighted by Crippen LogP contribution is -1.95. The minimum absolute atomic E-state index is 0.266. The predicted octanol–water partition coefficient (Wildman–Crippen LogP) is 4.58. The van der Waals surface area contributed by atoms with Gasteiger partial charge in [0.05, 0.1) is 0 Å². The number of aryl methyl sites for hydroxylation is 1. The van der Waals surface area contributed by atoms with E-state index in [-0.39, 0.29) is 13.6 Å². The molecule has 5 rings (SSSR count). The Balaban J connectivity index is 1.87. The van der Waals surface area contributed by atoms with Crippen LogP contribution in [0.5, 0.6) is 23.0 Å². The molecule has 0 aliphatic carbocycles. The molecular formula is C20H16O4. The first-order valence-electron chi connectivity index (χ1n) is 7.95. The summed E-state index contributed by atoms with van der Waals surface area (Å²) in [5.41, 5.74) is 4.72. The molecule has 2 aliphatic heterocycles. The molecule has 0 saturated heterocycles. The largest absolute Gasteiger partial charge is 0.454 e. The van der Waals surface area contributed by atoms with Crippen molar-refractivity contribution in [1.29, 1.82) is 0 Å². The van der Waals surface area contributed by atoms with Gasteiger partial charge in [0.1, 0.15) is 0 Å². The van der Waals surface area contributed by atoms with Crippen molar-refractivity contribution in [2.24, 2.45) is 0 Å². The molecule has 0 aromatic heterocycles. The minimum atomic E-state index is 0.266. The van der Waals surface area contributed by atoms with Gasteiger partial charge < -0.3 is 18.9 Å². The third-order valence-electron chi connectivity index (χ3n) is 4.82. The van der Waals surface area contributed by atoms with Crippen LogP contribution in [0, 0.1) is 13.8 Å². The zero-order chi connectivity index (χ0) is 16.3. The predicted molar refractivity (Wildman–Crippen MR) is 91.1 cm³/mol. The lowest BCUT2D eigenvalue weighted by atomic mass is 9.90. The standard InChI is InChI=1S/C20H16O4/c1-11-7-13-4-6-16-20(24-10-22-16)19(13)18(12(11)2)14-3-5-15-17(8-14)23-9-21-15/h3-8H,9-10H2,1-2H3. The van der Waals surface area contributed by atoms with E-state index in [1.54, 1.807) is 0 Å². The van der Waals surface area contributed by atoms with Crippen molar-refractivity contribution in [1.82, 2.24) is 0 Å². The summed E-state index contributed by atoms with van der Waals surface area (Å²) in [7, 11) is 0. The molecule has 0 N–H and O–H groups in total. The first kappa shape index (κ1) is 13.5. The molecule has 0 spiro atoms. The monoisotopic (exact) mass is 320 g/mol. The molecule has 3 aromatic rings. The summed E-state index contributed by atoms with van der Waals surface area (Å²) in [5, 5.41) is 2.24. The molecule has 0 bridgehead atoms. The van der Waals surface area contributed by atoms with Crippen molar-refractivity contribution in [3.8, 4) is 34.1 Å². The first-order valence-corrected chi connectivity index (χ1v) is 7.95. The van der Waals surface area contributed by atoms with E-state index >= 15 is 0 Å². The normalized spacial score (nSPS) is 14.4. The van der Waals surface area contributed by atoms with E-state index in [1.807, 2.05) is 18.2 Å². The molecule has 3 aromatic carbocycles. The van der Waals surface area contributed by atoms with Crippen LogP contribution in [0.25, 0.3) is 21.9 Å². The fourth-order valence-corrected chi connectivity index (χ4v) is 3.50. The fraction of sp³-hybridized carbons (Fsp3) is 0.200. The van der Waals surface area contributed by atoms with Gasteiger partial charge in [0.15, 0.2) is 23.0 Å². The average Bonchev–Trinajstić information content (AvgIpc) is 3.23. The van der Waals surface area contributed by atoms with Crippen LogP contribution in [-0.2, 0) is 0 Å². The Labute approximate surface area is 139 Å². The second kappa shape index (κ2) is 4.81. The Hall–Kier alpha value is -2.88. The lowest BCUT2D eigenvalue weighted by molar-refractivity contribution is 0.174. The number of hydrogen-bond donors (Lipinski definition) is 0. The van der Waals surface area contributed by atoms with Gasteiger partial charge in [0, 0.05) is 5.39 Å². The molecule has 0 saturated carbocycles. The third-order valence-corrected chi connectivity index (χ3v) is 4.82. The number of fused-ring (bicyclic) bond motifs is 4. The third kappa shape index (κ3) is 1.80. The van der Waals surface area contributed by atoms with E-state index in [0.29, 0.717) is 0 Å². The van der Waals surface area contributed by atoms with Crippen molar-refractivity contribution in [3.05, 3.63) is 47.5 Å². The van der Waals surface area contributed by atoms with Crippen molar-refractivity contribution in [2.75, 3.05) is 13.6 Å². The molecule has 0 radical (unpaired) electrons. The second-order valence-corrected chi connectivity index (χ2v) is 6.16. The molecule has 0 unspecified atom stereocenters. The Bertz CT molecular complexity index is 991. The Morgan fingerprint density at radius 2 is 1.50 bits per heavy atom. The van der Waals surface area contributed by atoms with Crippen LogP contribution in [0.2, 0.25) is 0 Å². The van der Waals surface area contributed by atoms with Crippen LogP contribution in [0.3, 0.4) is 0 Å². The highest BCUT2D eigenvalue weighted by molar-refractivity contribution is 6.04. The van der Waals surface area contributed by atoms with Crippen LogP contribution in [-0.4, -0.2) is 13.6 Å². The van der Waals surface area contributed by atoms with Gasteiger partial charge in [0.2, 0.25) is 13.6 Å². The molecule has 4 heteroatoms. The van der Waals surface area contributed by atoms with E-state index in [1.165, 1.54) is 11.1 Å². The van der Waals surface area contributed by atoms with Crippen LogP contribution >= 0.6 is 0 Å². The molecule has 0 fully saturated rings. The summed E-state index contributed by atoms with van der Waals surface area (Å²) >= 11 is 0. The average molecular weight is 320 g/mol. The second-order valence-electron chi connectivity index (χ2n) is 6.16.